The van der Waals surface area contributed by atoms with Gasteiger partial charge in [-0.05, 0) is 36.2 Å². The summed E-state index contributed by atoms with van der Waals surface area (Å²) in [5.41, 5.74) is 2.47. The van der Waals surface area contributed by atoms with Crippen LogP contribution in [0.1, 0.15) is 11.1 Å². The fourth-order valence-electron chi connectivity index (χ4n) is 2.21. The molecule has 2 aromatic carbocycles. The summed E-state index contributed by atoms with van der Waals surface area (Å²) < 4.78 is 10.7. The molecule has 0 aliphatic heterocycles. The Morgan fingerprint density at radius 2 is 1.78 bits per heavy atom. The standard InChI is InChI=1S/C18H23NO3.ClH/c1-21-18-13-16(7-8-17(18)22-12-11-20)14-19-10-9-15-5-3-2-4-6-15;/h2-8,13,19-20H,9-12,14H2,1H3;1H/p-1. The molecule has 0 spiro atoms. The van der Waals surface area contributed by atoms with Crippen molar-refractivity contribution in [2.75, 3.05) is 26.9 Å². The zero-order valence-electron chi connectivity index (χ0n) is 13.3. The first-order valence-electron chi connectivity index (χ1n) is 7.48. The molecule has 0 aliphatic carbocycles. The lowest BCUT2D eigenvalue weighted by Gasteiger charge is -2.12. The van der Waals surface area contributed by atoms with E-state index < -0.39 is 0 Å². The predicted molar refractivity (Wildman–Crippen MR) is 87.4 cm³/mol. The Bertz CT molecular complexity index is 563. The van der Waals surface area contributed by atoms with Crippen LogP contribution in [0.5, 0.6) is 11.5 Å². The summed E-state index contributed by atoms with van der Waals surface area (Å²) in [5, 5.41) is 12.2. The Balaban J connectivity index is 0.00000264. The first-order chi connectivity index (χ1) is 10.8. The molecule has 2 N–H and O–H groups in total. The van der Waals surface area contributed by atoms with E-state index in [9.17, 15) is 0 Å². The number of aliphatic hydroxyl groups excluding tert-OH is 1. The maximum absolute atomic E-state index is 8.81. The van der Waals surface area contributed by atoms with Crippen LogP contribution in [0.15, 0.2) is 48.5 Å². The summed E-state index contributed by atoms with van der Waals surface area (Å²) in [5.74, 6) is 1.35. The summed E-state index contributed by atoms with van der Waals surface area (Å²) in [7, 11) is 1.62. The molecule has 0 amide bonds. The monoisotopic (exact) mass is 336 g/mol. The Morgan fingerprint density at radius 3 is 2.48 bits per heavy atom. The molecule has 0 aliphatic rings. The van der Waals surface area contributed by atoms with Crippen LogP contribution in [0.2, 0.25) is 0 Å². The van der Waals surface area contributed by atoms with Gasteiger partial charge in [-0.2, -0.15) is 0 Å². The van der Waals surface area contributed by atoms with Gasteiger partial charge < -0.3 is 32.3 Å². The SMILES string of the molecule is COc1cc(CNCCc2ccccc2)ccc1OCCO.[Cl-]. The normalized spacial score (nSPS) is 10.0. The highest BCUT2D eigenvalue weighted by Crippen LogP contribution is 2.27. The van der Waals surface area contributed by atoms with Crippen molar-refractivity contribution < 1.29 is 27.0 Å². The molecule has 2 aromatic rings. The topological polar surface area (TPSA) is 50.7 Å². The second-order valence-electron chi connectivity index (χ2n) is 4.97. The average molecular weight is 337 g/mol. The van der Waals surface area contributed by atoms with Gasteiger partial charge in [-0.15, -0.1) is 0 Å². The van der Waals surface area contributed by atoms with E-state index in [0.29, 0.717) is 11.5 Å². The molecule has 0 saturated carbocycles. The second-order valence-corrected chi connectivity index (χ2v) is 4.97. The van der Waals surface area contributed by atoms with Crippen LogP contribution in [-0.4, -0.2) is 32.0 Å². The number of methoxy groups -OCH3 is 1. The van der Waals surface area contributed by atoms with Crippen molar-refractivity contribution in [1.82, 2.24) is 5.32 Å². The van der Waals surface area contributed by atoms with Gasteiger partial charge in [0.25, 0.3) is 0 Å². The van der Waals surface area contributed by atoms with Crippen molar-refractivity contribution in [1.29, 1.82) is 0 Å². The fourth-order valence-corrected chi connectivity index (χ4v) is 2.21. The maximum atomic E-state index is 8.81. The third-order valence-electron chi connectivity index (χ3n) is 3.34. The molecule has 126 valence electrons. The molecule has 0 atom stereocenters. The van der Waals surface area contributed by atoms with Crippen LogP contribution in [-0.2, 0) is 13.0 Å². The van der Waals surface area contributed by atoms with Crippen LogP contribution in [0.4, 0.5) is 0 Å². The summed E-state index contributed by atoms with van der Waals surface area (Å²) in [4.78, 5) is 0. The van der Waals surface area contributed by atoms with Gasteiger partial charge in [0, 0.05) is 6.54 Å². The Labute approximate surface area is 143 Å². The molecular formula is C18H23ClNO3-. The highest BCUT2D eigenvalue weighted by atomic mass is 35.5. The first kappa shape index (κ1) is 19.3. The summed E-state index contributed by atoms with van der Waals surface area (Å²) >= 11 is 0. The lowest BCUT2D eigenvalue weighted by molar-refractivity contribution is -0.00000595. The minimum atomic E-state index is -0.00799. The molecule has 0 unspecified atom stereocenters. The Morgan fingerprint density at radius 1 is 1.00 bits per heavy atom. The van der Waals surface area contributed by atoms with Gasteiger partial charge in [-0.1, -0.05) is 36.4 Å². The van der Waals surface area contributed by atoms with E-state index in [1.165, 1.54) is 5.56 Å². The van der Waals surface area contributed by atoms with Crippen molar-refractivity contribution in [3.8, 4) is 11.5 Å². The van der Waals surface area contributed by atoms with Crippen LogP contribution in [0.25, 0.3) is 0 Å². The number of halogens is 1. The number of hydrogen-bond donors (Lipinski definition) is 2. The number of aliphatic hydroxyl groups is 1. The number of nitrogens with one attached hydrogen (secondary N) is 1. The number of hydrogen-bond acceptors (Lipinski definition) is 4. The summed E-state index contributed by atoms with van der Waals surface area (Å²) in [6, 6.07) is 16.3. The van der Waals surface area contributed by atoms with Gasteiger partial charge in [0.15, 0.2) is 11.5 Å². The predicted octanol–water partition coefficient (Wildman–Crippen LogP) is -0.597. The smallest absolute Gasteiger partial charge is 0.161 e. The first-order valence-corrected chi connectivity index (χ1v) is 7.48. The molecule has 0 saturated heterocycles. The van der Waals surface area contributed by atoms with Crippen LogP contribution < -0.4 is 27.2 Å². The lowest BCUT2D eigenvalue weighted by Crippen LogP contribution is -3.00. The van der Waals surface area contributed by atoms with E-state index in [2.05, 4.69) is 29.6 Å². The molecule has 0 aromatic heterocycles. The Hall–Kier alpha value is -1.75. The Kier molecular flexibility index (Phi) is 9.14. The van der Waals surface area contributed by atoms with Gasteiger partial charge >= 0.3 is 0 Å². The molecule has 4 nitrogen and oxygen atoms in total. The van der Waals surface area contributed by atoms with E-state index >= 15 is 0 Å². The van der Waals surface area contributed by atoms with E-state index in [0.717, 1.165) is 25.1 Å². The summed E-state index contributed by atoms with van der Waals surface area (Å²) in [6.07, 6.45) is 1.01. The number of benzene rings is 2. The number of rotatable bonds is 9. The molecule has 0 fully saturated rings. The lowest BCUT2D eigenvalue weighted by atomic mass is 10.1. The zero-order chi connectivity index (χ0) is 15.6. The van der Waals surface area contributed by atoms with Crippen molar-refractivity contribution in [2.24, 2.45) is 0 Å². The van der Waals surface area contributed by atoms with Gasteiger partial charge in [-0.25, -0.2) is 0 Å². The van der Waals surface area contributed by atoms with Crippen molar-refractivity contribution in [3.05, 3.63) is 59.7 Å². The third-order valence-corrected chi connectivity index (χ3v) is 3.34. The van der Waals surface area contributed by atoms with E-state index in [-0.39, 0.29) is 25.6 Å². The molecule has 0 radical (unpaired) electrons. The van der Waals surface area contributed by atoms with Gasteiger partial charge in [0.05, 0.1) is 13.7 Å². The highest BCUT2D eigenvalue weighted by molar-refractivity contribution is 5.42. The van der Waals surface area contributed by atoms with Crippen LogP contribution in [0.3, 0.4) is 0 Å². The van der Waals surface area contributed by atoms with Gasteiger partial charge in [-0.3, -0.25) is 0 Å². The van der Waals surface area contributed by atoms with Crippen molar-refractivity contribution >= 4 is 0 Å². The highest BCUT2D eigenvalue weighted by Gasteiger charge is 2.05. The molecule has 2 rings (SSSR count). The average Bonchev–Trinajstić information content (AvgIpc) is 2.58. The second kappa shape index (κ2) is 10.9. The van der Waals surface area contributed by atoms with E-state index in [4.69, 9.17) is 14.6 Å². The third kappa shape index (κ3) is 6.48. The summed E-state index contributed by atoms with van der Waals surface area (Å²) in [6.45, 7) is 1.97. The zero-order valence-corrected chi connectivity index (χ0v) is 14.1. The van der Waals surface area contributed by atoms with Crippen molar-refractivity contribution in [2.45, 2.75) is 13.0 Å². The minimum Gasteiger partial charge on any atom is -1.00 e. The molecule has 23 heavy (non-hydrogen) atoms. The minimum absolute atomic E-state index is 0. The largest absolute Gasteiger partial charge is 1.00 e. The fraction of sp³-hybridized carbons (Fsp3) is 0.333. The molecule has 0 heterocycles. The quantitative estimate of drug-likeness (QED) is 0.601. The van der Waals surface area contributed by atoms with Gasteiger partial charge in [0.1, 0.15) is 6.61 Å². The van der Waals surface area contributed by atoms with Crippen LogP contribution in [0, 0.1) is 0 Å². The maximum Gasteiger partial charge on any atom is 0.161 e. The molecule has 5 heteroatoms. The molecule has 0 bridgehead atoms. The van der Waals surface area contributed by atoms with Crippen LogP contribution >= 0.6 is 0 Å². The molecular weight excluding hydrogens is 314 g/mol. The van der Waals surface area contributed by atoms with E-state index in [1.807, 2.05) is 24.3 Å². The van der Waals surface area contributed by atoms with E-state index in [1.54, 1.807) is 7.11 Å². The van der Waals surface area contributed by atoms with Gasteiger partial charge in [0.2, 0.25) is 0 Å². The number of ether oxygens (including phenoxy) is 2. The van der Waals surface area contributed by atoms with Crippen molar-refractivity contribution in [3.63, 3.8) is 0 Å².